The summed E-state index contributed by atoms with van der Waals surface area (Å²) < 4.78 is 10.8. The minimum Gasteiger partial charge on any atom is -0.381 e. The number of carbonyl (C=O) groups is 1. The van der Waals surface area contributed by atoms with Crippen LogP contribution in [-0.4, -0.2) is 74.9 Å². The fraction of sp³-hybridized carbons (Fsp3) is 0.933. The number of ether oxygens (including phenoxy) is 2. The Morgan fingerprint density at radius 2 is 2.05 bits per heavy atom. The highest BCUT2D eigenvalue weighted by Gasteiger charge is 2.21. The molecule has 2 fully saturated rings. The zero-order chi connectivity index (χ0) is 14.2. The third-order valence-electron chi connectivity index (χ3n) is 4.24. The summed E-state index contributed by atoms with van der Waals surface area (Å²) in [5.74, 6) is 0.713. The van der Waals surface area contributed by atoms with Gasteiger partial charge in [0.15, 0.2) is 0 Å². The van der Waals surface area contributed by atoms with Gasteiger partial charge in [-0.15, -0.1) is 0 Å². The maximum atomic E-state index is 12.3. The van der Waals surface area contributed by atoms with Crippen molar-refractivity contribution in [2.45, 2.75) is 26.2 Å². The van der Waals surface area contributed by atoms with E-state index in [0.717, 1.165) is 72.0 Å². The fourth-order valence-corrected chi connectivity index (χ4v) is 2.89. The molecule has 116 valence electrons. The molecular formula is C15H28N2O3. The first-order valence-electron chi connectivity index (χ1n) is 7.95. The van der Waals surface area contributed by atoms with Gasteiger partial charge in [0, 0.05) is 52.4 Å². The lowest BCUT2D eigenvalue weighted by Gasteiger charge is -2.30. The van der Waals surface area contributed by atoms with Crippen molar-refractivity contribution in [3.8, 4) is 0 Å². The molecule has 2 heterocycles. The minimum atomic E-state index is 0.288. The summed E-state index contributed by atoms with van der Waals surface area (Å²) in [6.07, 6.45) is 2.88. The van der Waals surface area contributed by atoms with Crippen LogP contribution < -0.4 is 0 Å². The van der Waals surface area contributed by atoms with Crippen LogP contribution in [-0.2, 0) is 14.3 Å². The van der Waals surface area contributed by atoms with Crippen LogP contribution in [0.1, 0.15) is 26.2 Å². The first-order chi connectivity index (χ1) is 9.79. The van der Waals surface area contributed by atoms with E-state index in [4.69, 9.17) is 9.47 Å². The molecule has 0 bridgehead atoms. The molecule has 0 saturated carbocycles. The molecule has 20 heavy (non-hydrogen) atoms. The van der Waals surface area contributed by atoms with E-state index in [1.807, 2.05) is 4.90 Å². The number of hydrogen-bond donors (Lipinski definition) is 0. The number of rotatable bonds is 6. The maximum absolute atomic E-state index is 12.3. The van der Waals surface area contributed by atoms with Gasteiger partial charge < -0.3 is 14.4 Å². The number of morpholine rings is 1. The Bertz CT molecular complexity index is 287. The Morgan fingerprint density at radius 1 is 1.25 bits per heavy atom. The highest BCUT2D eigenvalue weighted by atomic mass is 16.5. The van der Waals surface area contributed by atoms with E-state index in [-0.39, 0.29) is 5.91 Å². The number of amides is 1. The van der Waals surface area contributed by atoms with Crippen molar-refractivity contribution in [2.24, 2.45) is 5.92 Å². The third-order valence-corrected chi connectivity index (χ3v) is 4.24. The molecule has 0 aromatic rings. The van der Waals surface area contributed by atoms with Crippen molar-refractivity contribution < 1.29 is 14.3 Å². The summed E-state index contributed by atoms with van der Waals surface area (Å²) in [4.78, 5) is 16.7. The van der Waals surface area contributed by atoms with Gasteiger partial charge in [-0.1, -0.05) is 0 Å². The van der Waals surface area contributed by atoms with Crippen molar-refractivity contribution in [3.05, 3.63) is 0 Å². The van der Waals surface area contributed by atoms with E-state index in [0.29, 0.717) is 12.3 Å². The number of carbonyl (C=O) groups excluding carboxylic acids is 1. The second-order valence-electron chi connectivity index (χ2n) is 5.71. The zero-order valence-corrected chi connectivity index (χ0v) is 12.7. The van der Waals surface area contributed by atoms with E-state index < -0.39 is 0 Å². The van der Waals surface area contributed by atoms with Crippen LogP contribution in [0, 0.1) is 5.92 Å². The van der Waals surface area contributed by atoms with Crippen LogP contribution in [0.3, 0.4) is 0 Å². The number of nitrogens with zero attached hydrogens (tertiary/aromatic N) is 2. The molecule has 0 radical (unpaired) electrons. The van der Waals surface area contributed by atoms with Crippen LogP contribution in [0.4, 0.5) is 0 Å². The molecule has 2 saturated heterocycles. The molecule has 0 aromatic carbocycles. The Balaban J connectivity index is 1.70. The smallest absolute Gasteiger partial charge is 0.222 e. The van der Waals surface area contributed by atoms with Gasteiger partial charge in [0.05, 0.1) is 13.2 Å². The maximum Gasteiger partial charge on any atom is 0.222 e. The van der Waals surface area contributed by atoms with Gasteiger partial charge in [-0.2, -0.15) is 0 Å². The Hall–Kier alpha value is -0.650. The topological polar surface area (TPSA) is 42.0 Å². The molecule has 0 aromatic heterocycles. The lowest BCUT2D eigenvalue weighted by molar-refractivity contribution is -0.133. The average molecular weight is 284 g/mol. The predicted molar refractivity (Wildman–Crippen MR) is 77.7 cm³/mol. The van der Waals surface area contributed by atoms with E-state index in [1.165, 1.54) is 0 Å². The van der Waals surface area contributed by atoms with Crippen molar-refractivity contribution in [1.29, 1.82) is 0 Å². The monoisotopic (exact) mass is 284 g/mol. The standard InChI is InChI=1S/C15H28N2O3/c1-2-17(6-5-16-7-10-19-11-8-16)15(18)12-14-4-3-9-20-13-14/h14H,2-13H2,1H3. The predicted octanol–water partition coefficient (Wildman–Crippen LogP) is 0.984. The summed E-state index contributed by atoms with van der Waals surface area (Å²) in [6, 6.07) is 0. The highest BCUT2D eigenvalue weighted by molar-refractivity contribution is 5.76. The van der Waals surface area contributed by atoms with Crippen molar-refractivity contribution >= 4 is 5.91 Å². The largest absolute Gasteiger partial charge is 0.381 e. The molecular weight excluding hydrogens is 256 g/mol. The quantitative estimate of drug-likeness (QED) is 0.729. The van der Waals surface area contributed by atoms with Crippen LogP contribution in [0.5, 0.6) is 0 Å². The van der Waals surface area contributed by atoms with Gasteiger partial charge in [0.25, 0.3) is 0 Å². The van der Waals surface area contributed by atoms with Gasteiger partial charge >= 0.3 is 0 Å². The summed E-state index contributed by atoms with van der Waals surface area (Å²) in [6.45, 7) is 9.90. The first kappa shape index (κ1) is 15.7. The lowest BCUT2D eigenvalue weighted by Crippen LogP contribution is -2.43. The van der Waals surface area contributed by atoms with Crippen LogP contribution in [0.25, 0.3) is 0 Å². The van der Waals surface area contributed by atoms with E-state index in [2.05, 4.69) is 11.8 Å². The zero-order valence-electron chi connectivity index (χ0n) is 12.7. The van der Waals surface area contributed by atoms with Gasteiger partial charge in [-0.05, 0) is 25.7 Å². The summed E-state index contributed by atoms with van der Waals surface area (Å²) in [5, 5.41) is 0. The van der Waals surface area contributed by atoms with E-state index in [9.17, 15) is 4.79 Å². The van der Waals surface area contributed by atoms with E-state index >= 15 is 0 Å². The molecule has 2 aliphatic rings. The van der Waals surface area contributed by atoms with Crippen molar-refractivity contribution in [2.75, 3.05) is 59.2 Å². The normalized spacial score (nSPS) is 24.6. The molecule has 0 aliphatic carbocycles. The van der Waals surface area contributed by atoms with Crippen LogP contribution >= 0.6 is 0 Å². The average Bonchev–Trinajstić information content (AvgIpc) is 2.50. The number of likely N-dealkylation sites (N-methyl/N-ethyl adjacent to an activating group) is 1. The second kappa shape index (κ2) is 8.60. The molecule has 1 amide bonds. The SMILES string of the molecule is CCN(CCN1CCOCC1)C(=O)CC1CCCOC1. The van der Waals surface area contributed by atoms with Gasteiger partial charge in [0.1, 0.15) is 0 Å². The molecule has 1 unspecified atom stereocenters. The summed E-state index contributed by atoms with van der Waals surface area (Å²) in [5.41, 5.74) is 0. The molecule has 2 aliphatic heterocycles. The van der Waals surface area contributed by atoms with Gasteiger partial charge in [0.2, 0.25) is 5.91 Å². The fourth-order valence-electron chi connectivity index (χ4n) is 2.89. The van der Waals surface area contributed by atoms with Gasteiger partial charge in [-0.3, -0.25) is 9.69 Å². The molecule has 5 nitrogen and oxygen atoms in total. The summed E-state index contributed by atoms with van der Waals surface area (Å²) in [7, 11) is 0. The highest BCUT2D eigenvalue weighted by Crippen LogP contribution is 2.18. The minimum absolute atomic E-state index is 0.288. The molecule has 2 rings (SSSR count). The Labute approximate surface area is 122 Å². The van der Waals surface area contributed by atoms with Gasteiger partial charge in [-0.25, -0.2) is 0 Å². The Morgan fingerprint density at radius 3 is 2.70 bits per heavy atom. The third kappa shape index (κ3) is 5.04. The Kier molecular flexibility index (Phi) is 6.76. The van der Waals surface area contributed by atoms with Crippen LogP contribution in [0.2, 0.25) is 0 Å². The van der Waals surface area contributed by atoms with E-state index in [1.54, 1.807) is 0 Å². The van der Waals surface area contributed by atoms with Crippen LogP contribution in [0.15, 0.2) is 0 Å². The van der Waals surface area contributed by atoms with Crippen molar-refractivity contribution in [1.82, 2.24) is 9.80 Å². The van der Waals surface area contributed by atoms with Crippen molar-refractivity contribution in [3.63, 3.8) is 0 Å². The molecule has 0 N–H and O–H groups in total. The lowest BCUT2D eigenvalue weighted by atomic mass is 9.98. The first-order valence-corrected chi connectivity index (χ1v) is 7.95. The molecule has 5 heteroatoms. The number of hydrogen-bond acceptors (Lipinski definition) is 4. The molecule has 0 spiro atoms. The molecule has 1 atom stereocenters. The summed E-state index contributed by atoms with van der Waals surface area (Å²) >= 11 is 0. The second-order valence-corrected chi connectivity index (χ2v) is 5.71.